The second-order valence-corrected chi connectivity index (χ2v) is 6.86. The molecule has 2 aromatic rings. The van der Waals surface area contributed by atoms with Gasteiger partial charge in [0.2, 0.25) is 0 Å². The Morgan fingerprint density at radius 2 is 2.32 bits per heavy atom. The number of aryl methyl sites for hydroxylation is 2. The summed E-state index contributed by atoms with van der Waals surface area (Å²) in [7, 11) is 0. The minimum atomic E-state index is -0.0250. The van der Waals surface area contributed by atoms with Crippen molar-refractivity contribution in [2.24, 2.45) is 0 Å². The van der Waals surface area contributed by atoms with Gasteiger partial charge in [-0.25, -0.2) is 4.79 Å². The SMILES string of the molecule is CCc1ccc(CNC(=O)N2CCCC2c2cc(C)no2)s1. The Morgan fingerprint density at radius 3 is 3.00 bits per heavy atom. The molecule has 0 saturated carbocycles. The van der Waals surface area contributed by atoms with Gasteiger partial charge in [0.15, 0.2) is 5.76 Å². The normalized spacial score (nSPS) is 17.9. The molecule has 1 saturated heterocycles. The number of hydrogen-bond donors (Lipinski definition) is 1. The molecule has 2 amide bonds. The Balaban J connectivity index is 1.61. The van der Waals surface area contributed by atoms with E-state index in [-0.39, 0.29) is 12.1 Å². The van der Waals surface area contributed by atoms with Crippen molar-refractivity contribution < 1.29 is 9.32 Å². The zero-order valence-corrected chi connectivity index (χ0v) is 13.8. The van der Waals surface area contributed by atoms with Crippen LogP contribution < -0.4 is 5.32 Å². The maximum atomic E-state index is 12.4. The molecule has 1 aliphatic heterocycles. The monoisotopic (exact) mass is 319 g/mol. The van der Waals surface area contributed by atoms with Crippen LogP contribution >= 0.6 is 11.3 Å². The molecule has 1 fully saturated rings. The quantitative estimate of drug-likeness (QED) is 0.935. The van der Waals surface area contributed by atoms with E-state index in [9.17, 15) is 4.79 Å². The molecule has 3 rings (SSSR count). The van der Waals surface area contributed by atoms with Crippen LogP contribution in [0.15, 0.2) is 22.7 Å². The van der Waals surface area contributed by atoms with Crippen molar-refractivity contribution in [1.29, 1.82) is 0 Å². The summed E-state index contributed by atoms with van der Waals surface area (Å²) >= 11 is 1.76. The molecule has 1 atom stereocenters. The number of urea groups is 1. The zero-order valence-electron chi connectivity index (χ0n) is 13.0. The van der Waals surface area contributed by atoms with Crippen molar-refractivity contribution in [2.75, 3.05) is 6.54 Å². The first-order valence-electron chi connectivity index (χ1n) is 7.72. The summed E-state index contributed by atoms with van der Waals surface area (Å²) in [4.78, 5) is 16.8. The molecule has 0 radical (unpaired) electrons. The van der Waals surface area contributed by atoms with Gasteiger partial charge in [0.25, 0.3) is 0 Å². The number of thiophene rings is 1. The van der Waals surface area contributed by atoms with Gasteiger partial charge >= 0.3 is 6.03 Å². The fourth-order valence-corrected chi connectivity index (χ4v) is 3.72. The van der Waals surface area contributed by atoms with Gasteiger partial charge in [-0.05, 0) is 38.3 Å². The Bertz CT molecular complexity index is 649. The van der Waals surface area contributed by atoms with Crippen molar-refractivity contribution in [3.05, 3.63) is 39.4 Å². The van der Waals surface area contributed by atoms with Crippen molar-refractivity contribution in [2.45, 2.75) is 45.7 Å². The predicted molar refractivity (Wildman–Crippen MR) is 85.9 cm³/mol. The highest BCUT2D eigenvalue weighted by Gasteiger charge is 2.32. The third-order valence-corrected chi connectivity index (χ3v) is 5.20. The number of carbonyl (C=O) groups excluding carboxylic acids is 1. The predicted octanol–water partition coefficient (Wildman–Crippen LogP) is 3.65. The molecule has 0 aliphatic carbocycles. The lowest BCUT2D eigenvalue weighted by atomic mass is 10.1. The van der Waals surface area contributed by atoms with Gasteiger partial charge in [-0.3, -0.25) is 0 Å². The average molecular weight is 319 g/mol. The lowest BCUT2D eigenvalue weighted by molar-refractivity contribution is 0.182. The van der Waals surface area contributed by atoms with E-state index in [1.165, 1.54) is 9.75 Å². The molecular weight excluding hydrogens is 298 g/mol. The topological polar surface area (TPSA) is 58.4 Å². The molecule has 1 unspecified atom stereocenters. The molecule has 0 bridgehead atoms. The lowest BCUT2D eigenvalue weighted by Crippen LogP contribution is -2.38. The summed E-state index contributed by atoms with van der Waals surface area (Å²) in [6.45, 7) is 5.39. The molecule has 0 spiro atoms. The summed E-state index contributed by atoms with van der Waals surface area (Å²) in [6, 6.07) is 6.12. The highest BCUT2D eigenvalue weighted by Crippen LogP contribution is 2.32. The zero-order chi connectivity index (χ0) is 15.5. The van der Waals surface area contributed by atoms with Crippen LogP contribution in [0.4, 0.5) is 4.79 Å². The second-order valence-electron chi connectivity index (χ2n) is 5.60. The van der Waals surface area contributed by atoms with E-state index in [1.807, 2.05) is 17.9 Å². The number of nitrogens with one attached hydrogen (secondary N) is 1. The highest BCUT2D eigenvalue weighted by atomic mass is 32.1. The van der Waals surface area contributed by atoms with Gasteiger partial charge in [-0.1, -0.05) is 12.1 Å². The van der Waals surface area contributed by atoms with E-state index >= 15 is 0 Å². The van der Waals surface area contributed by atoms with Crippen molar-refractivity contribution in [1.82, 2.24) is 15.4 Å². The highest BCUT2D eigenvalue weighted by molar-refractivity contribution is 7.11. The summed E-state index contributed by atoms with van der Waals surface area (Å²) in [6.07, 6.45) is 2.97. The molecule has 2 aromatic heterocycles. The number of carbonyl (C=O) groups is 1. The molecule has 1 N–H and O–H groups in total. The minimum Gasteiger partial charge on any atom is -0.359 e. The average Bonchev–Trinajstić information content (AvgIpc) is 3.24. The van der Waals surface area contributed by atoms with Crippen LogP contribution in [0.1, 0.15) is 47.0 Å². The number of rotatable bonds is 4. The van der Waals surface area contributed by atoms with E-state index < -0.39 is 0 Å². The first-order chi connectivity index (χ1) is 10.7. The Morgan fingerprint density at radius 1 is 1.50 bits per heavy atom. The molecular formula is C16H21N3O2S. The second kappa shape index (κ2) is 6.52. The van der Waals surface area contributed by atoms with Gasteiger partial charge in [0.1, 0.15) is 0 Å². The standard InChI is InChI=1S/C16H21N3O2S/c1-3-12-6-7-13(22-12)10-17-16(20)19-8-4-5-14(19)15-9-11(2)18-21-15/h6-7,9,14H,3-5,8,10H2,1-2H3,(H,17,20). The van der Waals surface area contributed by atoms with E-state index in [0.717, 1.165) is 37.3 Å². The fourth-order valence-electron chi connectivity index (χ4n) is 2.82. The van der Waals surface area contributed by atoms with E-state index in [1.54, 1.807) is 11.3 Å². The summed E-state index contributed by atoms with van der Waals surface area (Å²) in [5.41, 5.74) is 0.855. The van der Waals surface area contributed by atoms with Crippen LogP contribution in [0, 0.1) is 6.92 Å². The molecule has 22 heavy (non-hydrogen) atoms. The third-order valence-electron chi connectivity index (χ3n) is 3.97. The maximum Gasteiger partial charge on any atom is 0.318 e. The van der Waals surface area contributed by atoms with Gasteiger partial charge < -0.3 is 14.7 Å². The number of hydrogen-bond acceptors (Lipinski definition) is 4. The first kappa shape index (κ1) is 15.1. The number of nitrogens with zero attached hydrogens (tertiary/aromatic N) is 2. The Kier molecular flexibility index (Phi) is 4.47. The van der Waals surface area contributed by atoms with Crippen LogP contribution in [0.5, 0.6) is 0 Å². The van der Waals surface area contributed by atoms with Crippen LogP contribution in [0.3, 0.4) is 0 Å². The number of likely N-dealkylation sites (tertiary alicyclic amines) is 1. The Labute approximate surface area is 134 Å². The summed E-state index contributed by atoms with van der Waals surface area (Å²) in [5.74, 6) is 0.787. The lowest BCUT2D eigenvalue weighted by Gasteiger charge is -2.22. The van der Waals surface area contributed by atoms with E-state index in [2.05, 4.69) is 29.5 Å². The van der Waals surface area contributed by atoms with Gasteiger partial charge in [0.05, 0.1) is 18.3 Å². The largest absolute Gasteiger partial charge is 0.359 e. The van der Waals surface area contributed by atoms with Crippen LogP contribution in [0.2, 0.25) is 0 Å². The number of aromatic nitrogens is 1. The fraction of sp³-hybridized carbons (Fsp3) is 0.500. The Hall–Kier alpha value is -1.82. The van der Waals surface area contributed by atoms with Crippen molar-refractivity contribution >= 4 is 17.4 Å². The van der Waals surface area contributed by atoms with Crippen LogP contribution in [-0.2, 0) is 13.0 Å². The molecule has 1 aliphatic rings. The van der Waals surface area contributed by atoms with E-state index in [0.29, 0.717) is 6.54 Å². The van der Waals surface area contributed by atoms with E-state index in [4.69, 9.17) is 4.52 Å². The summed E-state index contributed by atoms with van der Waals surface area (Å²) in [5, 5.41) is 6.95. The maximum absolute atomic E-state index is 12.4. The van der Waals surface area contributed by atoms with Gasteiger partial charge in [-0.2, -0.15) is 0 Å². The third kappa shape index (κ3) is 3.16. The van der Waals surface area contributed by atoms with Crippen LogP contribution in [0.25, 0.3) is 0 Å². The minimum absolute atomic E-state index is 0.00994. The molecule has 5 nitrogen and oxygen atoms in total. The first-order valence-corrected chi connectivity index (χ1v) is 8.54. The van der Waals surface area contributed by atoms with Gasteiger partial charge in [-0.15, -0.1) is 11.3 Å². The number of amides is 2. The molecule has 0 aromatic carbocycles. The summed E-state index contributed by atoms with van der Waals surface area (Å²) < 4.78 is 5.34. The molecule has 6 heteroatoms. The van der Waals surface area contributed by atoms with Crippen molar-refractivity contribution in [3.8, 4) is 0 Å². The van der Waals surface area contributed by atoms with Crippen LogP contribution in [-0.4, -0.2) is 22.6 Å². The molecule has 3 heterocycles. The molecule has 118 valence electrons. The van der Waals surface area contributed by atoms with Crippen molar-refractivity contribution in [3.63, 3.8) is 0 Å². The smallest absolute Gasteiger partial charge is 0.318 e. The van der Waals surface area contributed by atoms with Gasteiger partial charge in [0, 0.05) is 22.4 Å².